The van der Waals surface area contributed by atoms with E-state index in [0.29, 0.717) is 64.3 Å². The molecule has 3 N–H and O–H groups in total. The molecular formula is C33H69BF16NO38PS9Sb-13. The predicted octanol–water partition coefficient (Wildman–Crippen LogP) is -3.55. The van der Waals surface area contributed by atoms with Gasteiger partial charge >= 0.3 is 74.9 Å². The number of carbonyl (C=O) groups is 1. The van der Waals surface area contributed by atoms with Crippen molar-refractivity contribution in [2.45, 2.75) is 78.0 Å². The predicted molar refractivity (Wildman–Crippen MR) is 306 cm³/mol. The Labute approximate surface area is 570 Å². The van der Waals surface area contributed by atoms with E-state index < -0.39 is 144 Å². The molecule has 1 rings (SSSR count). The summed E-state index contributed by atoms with van der Waals surface area (Å²) >= 11 is -9.19. The summed E-state index contributed by atoms with van der Waals surface area (Å²) in [7, 11) is -52.0. The molecule has 39 nitrogen and oxygen atoms in total. The van der Waals surface area contributed by atoms with Gasteiger partial charge in [0.2, 0.25) is 10.4 Å². The molecule has 0 bridgehead atoms. The van der Waals surface area contributed by atoms with Crippen molar-refractivity contribution < 1.29 is 222 Å². The summed E-state index contributed by atoms with van der Waals surface area (Å²) in [6, 6.07) is 5.78. The summed E-state index contributed by atoms with van der Waals surface area (Å²) in [6.07, 6.45) is 6.97. The molecule has 0 spiro atoms. The summed E-state index contributed by atoms with van der Waals surface area (Å²) in [6.45, 7) is 10.7. The molecular weight excluding hydrogens is 1770 g/mol. The van der Waals surface area contributed by atoms with Crippen molar-refractivity contribution in [3.8, 4) is 0 Å². The molecule has 0 aliphatic rings. The first-order chi connectivity index (χ1) is 41.9. The number of aryl methyl sites for hydroxylation is 1. The van der Waals surface area contributed by atoms with Crippen molar-refractivity contribution >= 4 is 134 Å². The van der Waals surface area contributed by atoms with E-state index in [1.807, 2.05) is 20.6 Å². The van der Waals surface area contributed by atoms with Crippen LogP contribution in [-0.2, 0) is 115 Å². The van der Waals surface area contributed by atoms with Gasteiger partial charge in [-0.25, -0.2) is 75.8 Å². The third kappa shape index (κ3) is 432. The first-order valence-corrected chi connectivity index (χ1v) is 44.2. The van der Waals surface area contributed by atoms with Crippen LogP contribution in [0, 0.1) is 22.2 Å². The van der Waals surface area contributed by atoms with Crippen LogP contribution in [0.15, 0.2) is 29.2 Å². The Hall–Kier alpha value is -2.81. The zero-order valence-corrected chi connectivity index (χ0v) is 61.5. The Morgan fingerprint density at radius 2 is 0.710 bits per heavy atom. The number of carbonyl (C=O) groups excluding carboxylic acids is 1. The number of aliphatic hydroxyl groups is 2. The molecule has 0 saturated heterocycles. The second kappa shape index (κ2) is 65.7. The fraction of sp³-hybridized carbons (Fsp3) is 0.788. The van der Waals surface area contributed by atoms with E-state index >= 15 is 0 Å². The van der Waals surface area contributed by atoms with Crippen LogP contribution < -0.4 is 9.41 Å². The van der Waals surface area contributed by atoms with E-state index in [4.69, 9.17) is 101 Å². The molecule has 0 saturated carbocycles. The van der Waals surface area contributed by atoms with Crippen LogP contribution >= 0.6 is 7.81 Å². The number of benzene rings is 1. The Bertz CT molecular complexity index is 2970. The third-order valence-corrected chi connectivity index (χ3v) is 8.36. The molecule has 0 atom stereocenters. The third-order valence-electron chi connectivity index (χ3n) is 5.16. The number of unbranched alkanes of at least 4 members (excludes halogenated alkanes) is 3. The van der Waals surface area contributed by atoms with Gasteiger partial charge < -0.3 is 99.7 Å². The Balaban J connectivity index is -0.0000000554. The molecule has 626 valence electrons. The topological polar surface area (TPSA) is 696 Å². The standard InChI is InChI=1S/C8H18O4S.C7H16O4S.C7H8O3S.C5H12O6S.CH4O4S.3CH4O3S.CH2O.CH4.BF3.F6P.7FH.NO3.H2O4S.Sb/c1-2-3-6-12-7-4-5-8-13(9,10)11;1-2-5-11-6-3-4-7-12(8,9)10;1-6-2-4-7(5-3-6)11(8,9)10;6-1-2-10-3-4-11-5-12(7,8)9;2-1-6(3,4)5;3*1-5(2,3)4;1-2;;2-1(3)4;1-7(2,3,4,5)6;;;;;;;;2-1(3)4;1-5(2,3)4;/h2-8H2,1H3,(H,9,10,11);2-7H2,1H3,(H,8,9,10);2-5H,1H3,(H,8,9,10);6H,1-5H2,(H,7,8,9);2H,1H2,(H,3,4,5);3*1H3,(H,2,3,4);1H2;1H4;;;7*1H;;(H2,1,2,3,4);/q;;;;;;;;;;;-1;;;;;;;;-1;;+5/p-16. The minimum absolute atomic E-state index is 0. The van der Waals surface area contributed by atoms with Gasteiger partial charge in [0.15, 0.2) is 0 Å². The van der Waals surface area contributed by atoms with Crippen molar-refractivity contribution in [2.75, 3.05) is 95.0 Å². The van der Waals surface area contributed by atoms with Gasteiger partial charge in [0.25, 0.3) is 0 Å². The second-order valence-electron chi connectivity index (χ2n) is 15.0. The van der Waals surface area contributed by atoms with Crippen molar-refractivity contribution in [3.63, 3.8) is 0 Å². The number of ether oxygens (including phenoxy) is 4. The average Bonchev–Trinajstić information content (AvgIpc) is 0.794. The molecule has 67 heteroatoms. The molecule has 1 aromatic rings. The molecule has 0 heterocycles. The van der Waals surface area contributed by atoms with Gasteiger partial charge in [-0.05, 0) is 57.6 Å². The van der Waals surface area contributed by atoms with Crippen LogP contribution in [0.3, 0.4) is 0 Å². The maximum absolute atomic E-state index is 10.7. The van der Waals surface area contributed by atoms with E-state index in [9.17, 15) is 117 Å². The van der Waals surface area contributed by atoms with Gasteiger partial charge in [-0.1, -0.05) is 45.4 Å². The van der Waals surface area contributed by atoms with Crippen LogP contribution in [0.25, 0.3) is 0 Å². The second-order valence-corrected chi connectivity index (χ2v) is 32.8. The van der Waals surface area contributed by atoms with Crippen LogP contribution in [-0.4, -0.2) is 266 Å². The maximum atomic E-state index is 10.4. The van der Waals surface area contributed by atoms with Gasteiger partial charge in [0, 0.05) is 56.7 Å². The zero-order valence-electron chi connectivity index (χ0n) is 50.7. The number of nitrogens with zero attached hydrogens (tertiary/aromatic N) is 1. The number of hydrogen-bond acceptors (Lipinski definition) is 37. The first-order valence-electron chi connectivity index (χ1n) is 22.8. The summed E-state index contributed by atoms with van der Waals surface area (Å²) in [5, 5.41) is 30.5. The molecule has 100 heavy (non-hydrogen) atoms. The van der Waals surface area contributed by atoms with E-state index in [1.165, 1.54) is 12.1 Å². The fourth-order valence-corrected chi connectivity index (χ4v) is 4.62. The van der Waals surface area contributed by atoms with Crippen molar-refractivity contribution in [1.29, 1.82) is 0 Å². The summed E-state index contributed by atoms with van der Waals surface area (Å²) in [5.74, 6) is -2.70. The monoisotopic (exact) mass is 1840 g/mol. The van der Waals surface area contributed by atoms with Crippen molar-refractivity contribution in [1.82, 2.24) is 0 Å². The number of hydrogen-bond donors (Lipinski definition) is 3. The zero-order chi connectivity index (χ0) is 81.8. The molecule has 0 aromatic heterocycles. The Kier molecular flexibility index (Phi) is 89.6. The summed E-state index contributed by atoms with van der Waals surface area (Å²) in [5.41, 5.74) is 0.928. The van der Waals surface area contributed by atoms with Gasteiger partial charge in [0.05, 0.1) is 87.0 Å². The van der Waals surface area contributed by atoms with E-state index in [0.717, 1.165) is 31.4 Å². The van der Waals surface area contributed by atoms with E-state index in [-0.39, 0.29) is 59.7 Å². The van der Waals surface area contributed by atoms with E-state index in [2.05, 4.69) is 11.7 Å². The van der Waals surface area contributed by atoms with Gasteiger partial charge in [-0.3, -0.25) is 17.5 Å². The summed E-state index contributed by atoms with van der Waals surface area (Å²) in [4.78, 5) is 16.1. The molecule has 1 aromatic carbocycles. The van der Waals surface area contributed by atoms with Crippen molar-refractivity contribution in [2.24, 2.45) is 0 Å². The average molecular weight is 1840 g/mol. The number of rotatable bonds is 24. The van der Waals surface area contributed by atoms with Crippen LogP contribution in [0.1, 0.15) is 71.8 Å². The molecule has 0 fully saturated rings. The molecule has 0 aliphatic heterocycles. The van der Waals surface area contributed by atoms with Crippen LogP contribution in [0.5, 0.6) is 0 Å². The SMILES string of the molecule is C.C=O.CCCCOCCCCS(=O)(=O)[O-].CCCOCCCCS(=O)(=O)[O-].CS(=O)(=O)[O-].CS(=O)(=O)[O-].CS(=O)(=O)[O-].Cc1ccc(S(=O)(=O)[O-])cc1.FB(F)F.F[P-](F)(F)(F)(F)F.O=S(=O)([O-])CO.O=S(=O)([O-])COCCOCCO.O=S(=O)([O-])O.O=[N+]([O-])[O-].[F-].[F-].[F][Sb]([F])([F])([F])[F]. The Morgan fingerprint density at radius 3 is 0.900 bits per heavy atom. The molecule has 0 aliphatic carbocycles. The minimum atomic E-state index is -10.7. The number of halogens is 16. The quantitative estimate of drug-likeness (QED) is 0.0132. The fourth-order valence-electron chi connectivity index (χ4n) is 2.71. The van der Waals surface area contributed by atoms with Gasteiger partial charge in [-0.2, -0.15) is 0 Å². The molecule has 0 radical (unpaired) electrons. The summed E-state index contributed by atoms with van der Waals surface area (Å²) < 4.78 is 421. The van der Waals surface area contributed by atoms with Crippen LogP contribution in [0.2, 0.25) is 0 Å². The first kappa shape index (κ1) is 136. The van der Waals surface area contributed by atoms with Crippen LogP contribution in [0.4, 0.5) is 52.2 Å². The Morgan fingerprint density at radius 1 is 0.490 bits per heavy atom. The van der Waals surface area contributed by atoms with Crippen molar-refractivity contribution in [3.05, 3.63) is 45.2 Å². The normalized spacial score (nSPS) is 12.0. The van der Waals surface area contributed by atoms with Gasteiger partial charge in [-0.15, -0.1) is 0 Å². The van der Waals surface area contributed by atoms with E-state index in [1.54, 1.807) is 12.1 Å². The van der Waals surface area contributed by atoms with Gasteiger partial charge in [0.1, 0.15) is 49.0 Å². The number of aliphatic hydroxyl groups excluding tert-OH is 2. The molecule has 0 unspecified atom stereocenters. The molecule has 0 amide bonds.